The molecule has 0 fully saturated rings. The van der Waals surface area contributed by atoms with Gasteiger partial charge < -0.3 is 30.0 Å². The molecule has 0 bridgehead atoms. The molecule has 0 spiro atoms. The summed E-state index contributed by atoms with van der Waals surface area (Å²) in [6.07, 6.45) is 0. The van der Waals surface area contributed by atoms with Gasteiger partial charge in [0.15, 0.2) is 17.5 Å². The van der Waals surface area contributed by atoms with E-state index in [1.807, 2.05) is 0 Å². The Morgan fingerprint density at radius 3 is 2.18 bits per heavy atom. The van der Waals surface area contributed by atoms with Crippen molar-refractivity contribution < 1.29 is 37.7 Å². The van der Waals surface area contributed by atoms with Crippen LogP contribution >= 0.6 is 0 Å². The van der Waals surface area contributed by atoms with Gasteiger partial charge in [0.25, 0.3) is 5.91 Å². The maximum atomic E-state index is 15.2. The summed E-state index contributed by atoms with van der Waals surface area (Å²) in [4.78, 5) is 25.1. The van der Waals surface area contributed by atoms with Crippen LogP contribution in [0.1, 0.15) is 41.4 Å². The largest absolute Gasteiger partial charge is 0.490 e. The number of amidine groups is 1. The second kappa shape index (κ2) is 13.9. The zero-order valence-electron chi connectivity index (χ0n) is 21.4. The fraction of sp³-hybridized carbons (Fsp3) is 0.250. The van der Waals surface area contributed by atoms with Gasteiger partial charge in [-0.3, -0.25) is 10.2 Å². The average Bonchev–Trinajstić information content (AvgIpc) is 2.92. The summed E-state index contributed by atoms with van der Waals surface area (Å²) < 4.78 is 44.3. The number of anilines is 1. The van der Waals surface area contributed by atoms with Crippen molar-refractivity contribution in [2.75, 3.05) is 31.7 Å². The fourth-order valence-electron chi connectivity index (χ4n) is 3.56. The molecule has 0 aliphatic carbocycles. The van der Waals surface area contributed by atoms with Crippen molar-refractivity contribution in [1.82, 2.24) is 5.32 Å². The Labute approximate surface area is 224 Å². The number of rotatable bonds is 12. The SMILES string of the molecule is CCOC(=O)C(Nc1ccc(C(=N)NC(=O)c2ccc(F)cc2)cc1)c1cc(OCC)c(OCCO)cc1F. The highest BCUT2D eigenvalue weighted by atomic mass is 19.1. The molecular formula is C28H29F2N3O6. The lowest BCUT2D eigenvalue weighted by molar-refractivity contribution is -0.144. The van der Waals surface area contributed by atoms with Gasteiger partial charge in [0.2, 0.25) is 0 Å². The maximum Gasteiger partial charge on any atom is 0.333 e. The van der Waals surface area contributed by atoms with Gasteiger partial charge in [0.05, 0.1) is 19.8 Å². The van der Waals surface area contributed by atoms with E-state index >= 15 is 4.39 Å². The topological polar surface area (TPSA) is 130 Å². The molecule has 0 heterocycles. The number of hydrogen-bond acceptors (Lipinski definition) is 8. The molecule has 3 rings (SSSR count). The van der Waals surface area contributed by atoms with Crippen LogP contribution in [0.4, 0.5) is 14.5 Å². The van der Waals surface area contributed by atoms with Gasteiger partial charge >= 0.3 is 5.97 Å². The van der Waals surface area contributed by atoms with Gasteiger partial charge in [-0.05, 0) is 68.4 Å². The van der Waals surface area contributed by atoms with Crippen molar-refractivity contribution in [3.63, 3.8) is 0 Å². The van der Waals surface area contributed by atoms with E-state index in [4.69, 9.17) is 24.7 Å². The average molecular weight is 542 g/mol. The van der Waals surface area contributed by atoms with Crippen molar-refractivity contribution >= 4 is 23.4 Å². The van der Waals surface area contributed by atoms with E-state index in [0.29, 0.717) is 11.3 Å². The second-order valence-electron chi connectivity index (χ2n) is 8.07. The molecule has 0 aliphatic heterocycles. The molecule has 0 saturated carbocycles. The van der Waals surface area contributed by atoms with E-state index in [2.05, 4.69) is 10.6 Å². The van der Waals surface area contributed by atoms with E-state index in [-0.39, 0.29) is 54.9 Å². The number of amides is 1. The van der Waals surface area contributed by atoms with E-state index in [9.17, 15) is 14.0 Å². The molecule has 1 atom stereocenters. The third kappa shape index (κ3) is 7.74. The summed E-state index contributed by atoms with van der Waals surface area (Å²) in [6, 6.07) is 12.3. The zero-order chi connectivity index (χ0) is 28.4. The van der Waals surface area contributed by atoms with Crippen LogP contribution < -0.4 is 20.1 Å². The Balaban J connectivity index is 1.82. The number of aliphatic hydroxyl groups excluding tert-OH is 1. The number of carbonyl (C=O) groups is 2. The van der Waals surface area contributed by atoms with Crippen molar-refractivity contribution in [3.05, 3.63) is 89.0 Å². The minimum atomic E-state index is -1.25. The minimum absolute atomic E-state index is 0.0448. The first-order valence-corrected chi connectivity index (χ1v) is 12.2. The molecule has 9 nitrogen and oxygen atoms in total. The van der Waals surface area contributed by atoms with E-state index in [0.717, 1.165) is 18.2 Å². The standard InChI is InChI=1S/C28H29F2N3O6/c1-3-37-23-15-21(22(30)16-24(23)39-14-13-34)25(28(36)38-4-2)32-20-11-7-17(8-12-20)26(31)33-27(35)18-5-9-19(29)10-6-18/h5-12,15-16,25,32,34H,3-4,13-14H2,1-2H3,(H2,31,33,35). The molecule has 3 aromatic carbocycles. The van der Waals surface area contributed by atoms with Crippen molar-refractivity contribution in [3.8, 4) is 11.5 Å². The van der Waals surface area contributed by atoms with Crippen LogP contribution in [0.15, 0.2) is 60.7 Å². The lowest BCUT2D eigenvalue weighted by Crippen LogP contribution is -2.30. The summed E-state index contributed by atoms with van der Waals surface area (Å²) in [6.45, 7) is 3.35. The van der Waals surface area contributed by atoms with Gasteiger partial charge in [-0.15, -0.1) is 0 Å². The van der Waals surface area contributed by atoms with Crippen LogP contribution in [0.2, 0.25) is 0 Å². The monoisotopic (exact) mass is 541 g/mol. The van der Waals surface area contributed by atoms with Crippen molar-refractivity contribution in [2.45, 2.75) is 19.9 Å². The Hall–Kier alpha value is -4.51. The number of aliphatic hydroxyl groups is 1. The van der Waals surface area contributed by atoms with Crippen LogP contribution in [-0.2, 0) is 9.53 Å². The lowest BCUT2D eigenvalue weighted by atomic mass is 10.0. The molecular weight excluding hydrogens is 512 g/mol. The van der Waals surface area contributed by atoms with Gasteiger partial charge in [0.1, 0.15) is 24.1 Å². The first-order valence-electron chi connectivity index (χ1n) is 12.2. The molecule has 0 aromatic heterocycles. The van der Waals surface area contributed by atoms with Crippen LogP contribution in [0.5, 0.6) is 11.5 Å². The van der Waals surface area contributed by atoms with Crippen LogP contribution in [0, 0.1) is 17.0 Å². The molecule has 0 saturated heterocycles. The van der Waals surface area contributed by atoms with Gasteiger partial charge in [0, 0.05) is 28.4 Å². The van der Waals surface area contributed by atoms with Crippen LogP contribution in [-0.4, -0.2) is 49.2 Å². The highest BCUT2D eigenvalue weighted by molar-refractivity contribution is 6.11. The van der Waals surface area contributed by atoms with Crippen molar-refractivity contribution in [1.29, 1.82) is 5.41 Å². The van der Waals surface area contributed by atoms with Gasteiger partial charge in [-0.25, -0.2) is 13.6 Å². The number of benzene rings is 3. The highest BCUT2D eigenvalue weighted by Gasteiger charge is 2.27. The molecule has 206 valence electrons. The van der Waals surface area contributed by atoms with E-state index < -0.39 is 29.6 Å². The zero-order valence-corrected chi connectivity index (χ0v) is 21.4. The van der Waals surface area contributed by atoms with Gasteiger partial charge in [-0.1, -0.05) is 0 Å². The van der Waals surface area contributed by atoms with Crippen LogP contribution in [0.25, 0.3) is 0 Å². The third-order valence-corrected chi connectivity index (χ3v) is 5.37. The van der Waals surface area contributed by atoms with Crippen LogP contribution in [0.3, 0.4) is 0 Å². The second-order valence-corrected chi connectivity index (χ2v) is 8.07. The number of nitrogens with one attached hydrogen (secondary N) is 3. The van der Waals surface area contributed by atoms with E-state index in [1.165, 1.54) is 30.3 Å². The molecule has 1 unspecified atom stereocenters. The molecule has 0 radical (unpaired) electrons. The fourth-order valence-corrected chi connectivity index (χ4v) is 3.56. The predicted molar refractivity (Wildman–Crippen MR) is 140 cm³/mol. The Morgan fingerprint density at radius 2 is 1.56 bits per heavy atom. The summed E-state index contributed by atoms with van der Waals surface area (Å²) in [5, 5.41) is 22.6. The smallest absolute Gasteiger partial charge is 0.333 e. The first-order chi connectivity index (χ1) is 18.8. The Kier molecular flexibility index (Phi) is 10.3. The minimum Gasteiger partial charge on any atom is -0.490 e. The van der Waals surface area contributed by atoms with Crippen molar-refractivity contribution in [2.24, 2.45) is 0 Å². The third-order valence-electron chi connectivity index (χ3n) is 5.37. The summed E-state index contributed by atoms with van der Waals surface area (Å²) in [7, 11) is 0. The molecule has 3 aromatic rings. The molecule has 1 amide bonds. The lowest BCUT2D eigenvalue weighted by Gasteiger charge is -2.21. The van der Waals surface area contributed by atoms with Gasteiger partial charge in [-0.2, -0.15) is 0 Å². The maximum absolute atomic E-state index is 15.2. The van der Waals surface area contributed by atoms with E-state index in [1.54, 1.807) is 26.0 Å². The number of hydrogen-bond donors (Lipinski definition) is 4. The highest BCUT2D eigenvalue weighted by Crippen LogP contribution is 2.35. The number of carbonyl (C=O) groups excluding carboxylic acids is 2. The quantitative estimate of drug-likeness (QED) is 0.154. The number of ether oxygens (including phenoxy) is 3. The molecule has 4 N–H and O–H groups in total. The normalized spacial score (nSPS) is 11.3. The molecule has 39 heavy (non-hydrogen) atoms. The Morgan fingerprint density at radius 1 is 0.923 bits per heavy atom. The predicted octanol–water partition coefficient (Wildman–Crippen LogP) is 4.21. The first kappa shape index (κ1) is 29.1. The summed E-state index contributed by atoms with van der Waals surface area (Å²) in [5.74, 6) is -2.45. The summed E-state index contributed by atoms with van der Waals surface area (Å²) >= 11 is 0. The Bertz CT molecular complexity index is 1300. The summed E-state index contributed by atoms with van der Waals surface area (Å²) in [5.41, 5.74) is 0.917. The molecule has 11 heteroatoms. The number of esters is 1. The molecule has 0 aliphatic rings. The number of halogens is 2.